The van der Waals surface area contributed by atoms with Gasteiger partial charge >= 0.3 is 5.97 Å². The number of fused-ring (bicyclic) bond motifs is 1. The summed E-state index contributed by atoms with van der Waals surface area (Å²) in [7, 11) is 0. The molecule has 1 saturated carbocycles. The number of halogens is 3. The normalized spacial score (nSPS) is 18.1. The van der Waals surface area contributed by atoms with Crippen LogP contribution in [0.5, 0.6) is 5.75 Å². The van der Waals surface area contributed by atoms with E-state index in [4.69, 9.17) is 9.47 Å². The van der Waals surface area contributed by atoms with Crippen molar-refractivity contribution < 1.29 is 27.4 Å². The number of pyridine rings is 1. The Bertz CT molecular complexity index is 1010. The lowest BCUT2D eigenvalue weighted by Gasteiger charge is -2.09. The summed E-state index contributed by atoms with van der Waals surface area (Å²) >= 11 is 0. The maximum atomic E-state index is 13.3. The van der Waals surface area contributed by atoms with E-state index in [9.17, 15) is 18.0 Å². The zero-order chi connectivity index (χ0) is 19.7. The second-order valence-electron chi connectivity index (χ2n) is 6.59. The predicted molar refractivity (Wildman–Crippen MR) is 95.4 cm³/mol. The molecule has 28 heavy (non-hydrogen) atoms. The average Bonchev–Trinajstić information content (AvgIpc) is 3.50. The lowest BCUT2D eigenvalue weighted by Crippen LogP contribution is -2.14. The minimum absolute atomic E-state index is 0.0465. The molecule has 0 unspecified atom stereocenters. The van der Waals surface area contributed by atoms with Crippen LogP contribution < -0.4 is 4.74 Å². The first kappa shape index (κ1) is 18.3. The smallest absolute Gasteiger partial charge is 0.309 e. The Kier molecular flexibility index (Phi) is 4.90. The molecule has 0 spiro atoms. The van der Waals surface area contributed by atoms with Crippen LogP contribution in [0, 0.1) is 23.4 Å². The zero-order valence-electron chi connectivity index (χ0n) is 14.7. The molecule has 4 nitrogen and oxygen atoms in total. The quantitative estimate of drug-likeness (QED) is 0.358. The molecule has 1 aliphatic carbocycles. The van der Waals surface area contributed by atoms with Gasteiger partial charge in [-0.3, -0.25) is 9.78 Å². The van der Waals surface area contributed by atoms with Crippen molar-refractivity contribution in [2.75, 3.05) is 13.2 Å². The molecule has 3 aromatic rings. The lowest BCUT2D eigenvalue weighted by atomic mass is 10.1. The summed E-state index contributed by atoms with van der Waals surface area (Å²) in [5, 5.41) is 0.860. The Morgan fingerprint density at radius 1 is 1.07 bits per heavy atom. The van der Waals surface area contributed by atoms with Gasteiger partial charge in [-0.1, -0.05) is 12.1 Å². The molecule has 4 rings (SSSR count). The molecule has 1 aromatic heterocycles. The topological polar surface area (TPSA) is 48.4 Å². The second kappa shape index (κ2) is 7.50. The maximum Gasteiger partial charge on any atom is 0.309 e. The first-order valence-electron chi connectivity index (χ1n) is 8.82. The maximum absolute atomic E-state index is 13.3. The molecular weight excluding hydrogens is 371 g/mol. The van der Waals surface area contributed by atoms with Crippen molar-refractivity contribution >= 4 is 16.9 Å². The van der Waals surface area contributed by atoms with Crippen LogP contribution >= 0.6 is 0 Å². The van der Waals surface area contributed by atoms with Gasteiger partial charge in [-0.05, 0) is 48.2 Å². The minimum atomic E-state index is -1.51. The number of carbonyl (C=O) groups excluding carboxylic acids is 1. The fourth-order valence-corrected chi connectivity index (χ4v) is 3.21. The van der Waals surface area contributed by atoms with Crippen LogP contribution in [0.4, 0.5) is 13.2 Å². The molecule has 0 aliphatic heterocycles. The van der Waals surface area contributed by atoms with Crippen LogP contribution in [-0.4, -0.2) is 24.2 Å². The monoisotopic (exact) mass is 387 g/mol. The summed E-state index contributed by atoms with van der Waals surface area (Å²) < 4.78 is 50.5. The van der Waals surface area contributed by atoms with Gasteiger partial charge in [-0.25, -0.2) is 13.2 Å². The molecule has 1 fully saturated rings. The standard InChI is InChI=1S/C21H16F3NO3/c22-16-9-12(10-17(23)20(16)24)14-11-15(14)21(26)28-8-7-27-19-5-6-25-18-4-2-1-3-13(18)19/h1-6,9-10,14-15H,7-8,11H2/t14-,15+/m0/s1. The average molecular weight is 387 g/mol. The first-order valence-corrected chi connectivity index (χ1v) is 8.82. The highest BCUT2D eigenvalue weighted by Gasteiger charge is 2.45. The van der Waals surface area contributed by atoms with Crippen molar-refractivity contribution in [2.45, 2.75) is 12.3 Å². The number of hydrogen-bond acceptors (Lipinski definition) is 4. The van der Waals surface area contributed by atoms with Gasteiger partial charge in [-0.2, -0.15) is 0 Å². The van der Waals surface area contributed by atoms with E-state index in [-0.39, 0.29) is 24.7 Å². The number of ether oxygens (including phenoxy) is 2. The number of para-hydroxylation sites is 1. The molecule has 7 heteroatoms. The largest absolute Gasteiger partial charge is 0.489 e. The van der Waals surface area contributed by atoms with E-state index in [0.29, 0.717) is 12.2 Å². The first-order chi connectivity index (χ1) is 13.5. The highest BCUT2D eigenvalue weighted by Crippen LogP contribution is 2.48. The van der Waals surface area contributed by atoms with E-state index in [1.807, 2.05) is 24.3 Å². The third-order valence-corrected chi connectivity index (χ3v) is 4.72. The van der Waals surface area contributed by atoms with Gasteiger partial charge < -0.3 is 9.47 Å². The van der Waals surface area contributed by atoms with Crippen LogP contribution in [0.15, 0.2) is 48.7 Å². The van der Waals surface area contributed by atoms with Crippen molar-refractivity contribution in [3.8, 4) is 5.75 Å². The molecule has 0 amide bonds. The fourth-order valence-electron chi connectivity index (χ4n) is 3.21. The predicted octanol–water partition coefficient (Wildman–Crippen LogP) is 4.38. The summed E-state index contributed by atoms with van der Waals surface area (Å²) in [6, 6.07) is 11.1. The molecule has 2 aromatic carbocycles. The third kappa shape index (κ3) is 3.65. The molecule has 1 aliphatic rings. The van der Waals surface area contributed by atoms with Gasteiger partial charge in [-0.15, -0.1) is 0 Å². The van der Waals surface area contributed by atoms with Crippen molar-refractivity contribution in [2.24, 2.45) is 5.92 Å². The Hall–Kier alpha value is -3.09. The highest BCUT2D eigenvalue weighted by atomic mass is 19.2. The summed E-state index contributed by atoms with van der Waals surface area (Å²) in [4.78, 5) is 16.3. The fraction of sp³-hybridized carbons (Fsp3) is 0.238. The number of aromatic nitrogens is 1. The van der Waals surface area contributed by atoms with E-state index in [0.717, 1.165) is 23.0 Å². The zero-order valence-corrected chi connectivity index (χ0v) is 14.7. The highest BCUT2D eigenvalue weighted by molar-refractivity contribution is 5.84. The summed E-state index contributed by atoms with van der Waals surface area (Å²) in [6.45, 7) is 0.210. The Balaban J connectivity index is 1.29. The Morgan fingerprint density at radius 2 is 1.82 bits per heavy atom. The summed E-state index contributed by atoms with van der Waals surface area (Å²) in [6.07, 6.45) is 2.05. The van der Waals surface area contributed by atoms with Crippen LogP contribution in [0.3, 0.4) is 0 Å². The number of rotatable bonds is 6. The molecule has 0 bridgehead atoms. The Labute approximate surface area is 158 Å². The molecule has 144 valence electrons. The molecule has 1 heterocycles. The van der Waals surface area contributed by atoms with Gasteiger partial charge in [0.15, 0.2) is 17.5 Å². The van der Waals surface area contributed by atoms with Gasteiger partial charge in [0.05, 0.1) is 11.4 Å². The third-order valence-electron chi connectivity index (χ3n) is 4.72. The van der Waals surface area contributed by atoms with Gasteiger partial charge in [0, 0.05) is 11.6 Å². The van der Waals surface area contributed by atoms with Crippen molar-refractivity contribution in [1.29, 1.82) is 0 Å². The van der Waals surface area contributed by atoms with E-state index < -0.39 is 29.3 Å². The number of carbonyl (C=O) groups is 1. The number of nitrogens with zero attached hydrogens (tertiary/aromatic N) is 1. The Morgan fingerprint density at radius 3 is 2.61 bits per heavy atom. The number of hydrogen-bond donors (Lipinski definition) is 0. The van der Waals surface area contributed by atoms with Crippen molar-refractivity contribution in [3.63, 3.8) is 0 Å². The van der Waals surface area contributed by atoms with Crippen molar-refractivity contribution in [3.05, 3.63) is 71.7 Å². The van der Waals surface area contributed by atoms with Crippen LogP contribution in [0.25, 0.3) is 10.9 Å². The summed E-state index contributed by atoms with van der Waals surface area (Å²) in [5.74, 6) is -4.68. The molecule has 0 N–H and O–H groups in total. The van der Waals surface area contributed by atoms with E-state index >= 15 is 0 Å². The van der Waals surface area contributed by atoms with Crippen LogP contribution in [-0.2, 0) is 9.53 Å². The van der Waals surface area contributed by atoms with Crippen LogP contribution in [0.1, 0.15) is 17.9 Å². The van der Waals surface area contributed by atoms with Gasteiger partial charge in [0.25, 0.3) is 0 Å². The number of benzene rings is 2. The molecular formula is C21H16F3NO3. The van der Waals surface area contributed by atoms with Crippen LogP contribution in [0.2, 0.25) is 0 Å². The SMILES string of the molecule is O=C(OCCOc1ccnc2ccccc12)[C@@H]1C[C@H]1c1cc(F)c(F)c(F)c1. The van der Waals surface area contributed by atoms with Gasteiger partial charge in [0.2, 0.25) is 0 Å². The van der Waals surface area contributed by atoms with Crippen molar-refractivity contribution in [1.82, 2.24) is 4.98 Å². The van der Waals surface area contributed by atoms with E-state index in [1.54, 1.807) is 12.3 Å². The molecule has 0 saturated heterocycles. The molecule has 2 atom stereocenters. The summed E-state index contributed by atoms with van der Waals surface area (Å²) in [5.41, 5.74) is 1.06. The molecule has 0 radical (unpaired) electrons. The van der Waals surface area contributed by atoms with Gasteiger partial charge in [0.1, 0.15) is 19.0 Å². The van der Waals surface area contributed by atoms with E-state index in [2.05, 4.69) is 4.98 Å². The lowest BCUT2D eigenvalue weighted by molar-refractivity contribution is -0.146. The van der Waals surface area contributed by atoms with E-state index in [1.165, 1.54) is 0 Å². The number of esters is 1. The minimum Gasteiger partial charge on any atom is -0.489 e. The second-order valence-corrected chi connectivity index (χ2v) is 6.59.